The molecule has 6 nitrogen and oxygen atoms in total. The topological polar surface area (TPSA) is 73.9 Å². The van der Waals surface area contributed by atoms with E-state index < -0.39 is 10.0 Å². The molecule has 0 unspecified atom stereocenters. The summed E-state index contributed by atoms with van der Waals surface area (Å²) in [7, 11) is -0.845. The van der Waals surface area contributed by atoms with Gasteiger partial charge in [-0.25, -0.2) is 8.42 Å². The van der Waals surface area contributed by atoms with E-state index in [0.29, 0.717) is 6.61 Å². The van der Waals surface area contributed by atoms with Crippen molar-refractivity contribution in [2.24, 2.45) is 0 Å². The Balaban J connectivity index is 2.87. The van der Waals surface area contributed by atoms with Crippen molar-refractivity contribution >= 4 is 10.0 Å². The summed E-state index contributed by atoms with van der Waals surface area (Å²) < 4.78 is 33.7. The quantitative estimate of drug-likeness (QED) is 0.590. The molecule has 7 heteroatoms. The first kappa shape index (κ1) is 14.9. The smallest absolute Gasteiger partial charge is 0.266 e. The van der Waals surface area contributed by atoms with Gasteiger partial charge in [0, 0.05) is 7.11 Å². The Morgan fingerprint density at radius 3 is 2.56 bits per heavy atom. The summed E-state index contributed by atoms with van der Waals surface area (Å²) in [6, 6.07) is 4.88. The van der Waals surface area contributed by atoms with Crippen LogP contribution in [-0.2, 0) is 19.6 Å². The van der Waals surface area contributed by atoms with E-state index in [0.717, 1.165) is 5.56 Å². The first-order valence-corrected chi connectivity index (χ1v) is 6.76. The minimum Gasteiger partial charge on any atom is -0.495 e. The van der Waals surface area contributed by atoms with Crippen LogP contribution in [0.25, 0.3) is 0 Å². The van der Waals surface area contributed by atoms with Gasteiger partial charge in [0.05, 0.1) is 20.3 Å². The highest BCUT2D eigenvalue weighted by Gasteiger charge is 2.19. The number of aryl methyl sites for hydroxylation is 1. The lowest BCUT2D eigenvalue weighted by Gasteiger charge is -2.11. The summed E-state index contributed by atoms with van der Waals surface area (Å²) in [6.45, 7) is 2.22. The van der Waals surface area contributed by atoms with Crippen LogP contribution in [0.1, 0.15) is 5.56 Å². The van der Waals surface area contributed by atoms with Gasteiger partial charge in [0.15, 0.2) is 0 Å². The van der Waals surface area contributed by atoms with E-state index in [2.05, 4.69) is 0 Å². The first-order valence-electron chi connectivity index (χ1n) is 5.28. The molecule has 1 N–H and O–H groups in total. The monoisotopic (exact) mass is 275 g/mol. The van der Waals surface area contributed by atoms with E-state index in [1.807, 2.05) is 4.89 Å². The summed E-state index contributed by atoms with van der Waals surface area (Å²) in [5.74, 6) is 0.267. The minimum atomic E-state index is -3.76. The van der Waals surface area contributed by atoms with Crippen LogP contribution in [-0.4, -0.2) is 35.9 Å². The molecule has 0 spiro atoms. The van der Waals surface area contributed by atoms with Crippen LogP contribution in [0.3, 0.4) is 0 Å². The maximum atomic E-state index is 12.0. The highest BCUT2D eigenvalue weighted by Crippen LogP contribution is 2.24. The average Bonchev–Trinajstić information content (AvgIpc) is 2.35. The predicted octanol–water partition coefficient (Wildman–Crippen LogP) is 0.860. The summed E-state index contributed by atoms with van der Waals surface area (Å²) in [5.41, 5.74) is 0.813. The number of rotatable bonds is 7. The van der Waals surface area contributed by atoms with Crippen molar-refractivity contribution in [2.75, 3.05) is 27.4 Å². The van der Waals surface area contributed by atoms with Gasteiger partial charge in [0.2, 0.25) is 0 Å². The Bertz CT molecular complexity index is 486. The number of sulfonamides is 1. The molecule has 0 saturated heterocycles. The molecule has 0 fully saturated rings. The Hall–Kier alpha value is -1.15. The first-order chi connectivity index (χ1) is 8.51. The van der Waals surface area contributed by atoms with E-state index in [4.69, 9.17) is 14.3 Å². The van der Waals surface area contributed by atoms with Crippen molar-refractivity contribution in [3.8, 4) is 5.75 Å². The van der Waals surface area contributed by atoms with E-state index in [1.54, 1.807) is 19.1 Å². The lowest BCUT2D eigenvalue weighted by Crippen LogP contribution is -2.26. The number of hydrogen-bond acceptors (Lipinski definition) is 5. The number of benzene rings is 1. The molecular weight excluding hydrogens is 258 g/mol. The number of nitrogens with one attached hydrogen (secondary N) is 1. The highest BCUT2D eigenvalue weighted by molar-refractivity contribution is 7.89. The molecular formula is C11H17NO5S. The highest BCUT2D eigenvalue weighted by atomic mass is 32.2. The molecule has 0 bridgehead atoms. The molecule has 0 aliphatic carbocycles. The molecule has 1 aromatic rings. The Kier molecular flexibility index (Phi) is 5.54. The summed E-state index contributed by atoms with van der Waals surface area (Å²) in [6.07, 6.45) is 0. The summed E-state index contributed by atoms with van der Waals surface area (Å²) in [5, 5.41) is 0. The lowest BCUT2D eigenvalue weighted by molar-refractivity contribution is 0.0438. The van der Waals surface area contributed by atoms with Gasteiger partial charge in [-0.3, -0.25) is 4.84 Å². The van der Waals surface area contributed by atoms with Crippen molar-refractivity contribution in [3.05, 3.63) is 23.8 Å². The molecule has 0 saturated carbocycles. The standard InChI is InChI=1S/C11H17NO5S/c1-9-4-5-10(16-3)11(8-9)18(13,14)12-17-7-6-15-2/h4-5,8,12H,6-7H2,1-3H3. The zero-order valence-electron chi connectivity index (χ0n) is 10.6. The van der Waals surface area contributed by atoms with Crippen LogP contribution in [0, 0.1) is 6.92 Å². The maximum absolute atomic E-state index is 12.0. The molecule has 0 amide bonds. The predicted molar refractivity (Wildman–Crippen MR) is 65.9 cm³/mol. The third-order valence-electron chi connectivity index (χ3n) is 2.17. The van der Waals surface area contributed by atoms with Gasteiger partial charge in [0.25, 0.3) is 10.0 Å². The van der Waals surface area contributed by atoms with Crippen LogP contribution in [0.4, 0.5) is 0 Å². The molecule has 0 aliphatic heterocycles. The van der Waals surface area contributed by atoms with E-state index in [9.17, 15) is 8.42 Å². The fraction of sp³-hybridized carbons (Fsp3) is 0.455. The van der Waals surface area contributed by atoms with Crippen LogP contribution in [0.5, 0.6) is 5.75 Å². The second kappa shape index (κ2) is 6.69. The molecule has 0 aliphatic rings. The Morgan fingerprint density at radius 2 is 1.94 bits per heavy atom. The molecule has 1 aromatic carbocycles. The van der Waals surface area contributed by atoms with Crippen molar-refractivity contribution in [2.45, 2.75) is 11.8 Å². The zero-order valence-corrected chi connectivity index (χ0v) is 11.4. The molecule has 0 radical (unpaired) electrons. The summed E-state index contributed by atoms with van der Waals surface area (Å²) >= 11 is 0. The SMILES string of the molecule is COCCONS(=O)(=O)c1cc(C)ccc1OC. The number of ether oxygens (including phenoxy) is 2. The van der Waals surface area contributed by atoms with Crippen molar-refractivity contribution in [1.29, 1.82) is 0 Å². The van der Waals surface area contributed by atoms with E-state index in [1.165, 1.54) is 20.3 Å². The fourth-order valence-electron chi connectivity index (χ4n) is 1.28. The van der Waals surface area contributed by atoms with Crippen LogP contribution in [0.2, 0.25) is 0 Å². The molecule has 0 aromatic heterocycles. The third kappa shape index (κ3) is 3.95. The Morgan fingerprint density at radius 1 is 1.22 bits per heavy atom. The van der Waals surface area contributed by atoms with Gasteiger partial charge >= 0.3 is 0 Å². The second-order valence-corrected chi connectivity index (χ2v) is 5.20. The largest absolute Gasteiger partial charge is 0.495 e. The van der Waals surface area contributed by atoms with Crippen LogP contribution in [0.15, 0.2) is 23.1 Å². The average molecular weight is 275 g/mol. The van der Waals surface area contributed by atoms with Crippen LogP contribution >= 0.6 is 0 Å². The van der Waals surface area contributed by atoms with Gasteiger partial charge in [-0.2, -0.15) is 0 Å². The molecule has 102 valence electrons. The van der Waals surface area contributed by atoms with Crippen molar-refractivity contribution in [1.82, 2.24) is 4.89 Å². The van der Waals surface area contributed by atoms with E-state index >= 15 is 0 Å². The van der Waals surface area contributed by atoms with Crippen LogP contribution < -0.4 is 9.62 Å². The van der Waals surface area contributed by atoms with Gasteiger partial charge < -0.3 is 9.47 Å². The fourth-order valence-corrected chi connectivity index (χ4v) is 2.37. The molecule has 0 heterocycles. The zero-order chi connectivity index (χ0) is 13.6. The van der Waals surface area contributed by atoms with Gasteiger partial charge in [0.1, 0.15) is 10.6 Å². The second-order valence-electron chi connectivity index (χ2n) is 3.58. The Labute approximate surface area is 107 Å². The summed E-state index contributed by atoms with van der Waals surface area (Å²) in [4.78, 5) is 6.88. The molecule has 1 rings (SSSR count). The maximum Gasteiger partial charge on any atom is 0.266 e. The van der Waals surface area contributed by atoms with E-state index in [-0.39, 0.29) is 17.3 Å². The number of hydrogen-bond donors (Lipinski definition) is 1. The lowest BCUT2D eigenvalue weighted by atomic mass is 10.2. The molecule has 18 heavy (non-hydrogen) atoms. The van der Waals surface area contributed by atoms with Gasteiger partial charge in [-0.15, -0.1) is 0 Å². The number of methoxy groups -OCH3 is 2. The third-order valence-corrected chi connectivity index (χ3v) is 3.40. The van der Waals surface area contributed by atoms with Gasteiger partial charge in [-0.05, 0) is 24.6 Å². The normalized spacial score (nSPS) is 11.5. The van der Waals surface area contributed by atoms with Crippen molar-refractivity contribution in [3.63, 3.8) is 0 Å². The van der Waals surface area contributed by atoms with Gasteiger partial charge in [-0.1, -0.05) is 11.0 Å². The van der Waals surface area contributed by atoms with Crippen molar-refractivity contribution < 1.29 is 22.7 Å². The molecule has 0 atom stereocenters. The minimum absolute atomic E-state index is 0.0439.